The van der Waals surface area contributed by atoms with Gasteiger partial charge in [-0.1, -0.05) is 57.0 Å². The molecule has 0 bridgehead atoms. The highest BCUT2D eigenvalue weighted by molar-refractivity contribution is 6.31. The highest BCUT2D eigenvalue weighted by Gasteiger charge is 2.35. The van der Waals surface area contributed by atoms with Crippen LogP contribution in [0.2, 0.25) is 5.02 Å². The lowest BCUT2D eigenvalue weighted by Gasteiger charge is -2.36. The number of hydrogen-bond donors (Lipinski definition) is 3. The van der Waals surface area contributed by atoms with Crippen molar-refractivity contribution in [1.82, 2.24) is 16.0 Å². The third-order valence-electron chi connectivity index (χ3n) is 6.25. The molecule has 4 atom stereocenters. The molecule has 1 fully saturated rings. The van der Waals surface area contributed by atoms with Gasteiger partial charge in [-0.15, -0.1) is 0 Å². The minimum absolute atomic E-state index is 0.0171. The Bertz CT molecular complexity index is 853. The van der Waals surface area contributed by atoms with E-state index in [-0.39, 0.29) is 24.9 Å². The molecule has 8 heteroatoms. The largest absolute Gasteiger partial charge is 0.444 e. The van der Waals surface area contributed by atoms with E-state index in [1.54, 1.807) is 26.8 Å². The van der Waals surface area contributed by atoms with E-state index >= 15 is 0 Å². The molecule has 0 aromatic heterocycles. The normalized spacial score (nSPS) is 21.5. The predicted octanol–water partition coefficient (Wildman–Crippen LogP) is 4.85. The van der Waals surface area contributed by atoms with Gasteiger partial charge in [0.15, 0.2) is 0 Å². The summed E-state index contributed by atoms with van der Waals surface area (Å²) in [5, 5.41) is 8.90. The second-order valence-electron chi connectivity index (χ2n) is 10.7. The van der Waals surface area contributed by atoms with E-state index in [0.29, 0.717) is 28.3 Å². The van der Waals surface area contributed by atoms with Crippen molar-refractivity contribution in [2.45, 2.75) is 72.4 Å². The van der Waals surface area contributed by atoms with Gasteiger partial charge in [-0.2, -0.15) is 0 Å². The van der Waals surface area contributed by atoms with Gasteiger partial charge in [0.05, 0.1) is 6.04 Å². The Kier molecular flexibility index (Phi) is 10.2. The number of carbonyl (C=O) groups is 3. The topological polar surface area (TPSA) is 96.5 Å². The first-order chi connectivity index (χ1) is 15.9. The highest BCUT2D eigenvalue weighted by Crippen LogP contribution is 2.38. The molecule has 1 saturated carbocycles. The summed E-state index contributed by atoms with van der Waals surface area (Å²) in [7, 11) is 0. The smallest absolute Gasteiger partial charge is 0.408 e. The summed E-state index contributed by atoms with van der Waals surface area (Å²) in [5.41, 5.74) is 0.0441. The molecule has 7 nitrogen and oxygen atoms in total. The minimum atomic E-state index is -0.670. The fourth-order valence-corrected chi connectivity index (χ4v) is 4.81. The van der Waals surface area contributed by atoms with E-state index in [1.807, 2.05) is 18.2 Å². The van der Waals surface area contributed by atoms with Crippen LogP contribution in [0.4, 0.5) is 4.79 Å². The molecule has 1 aromatic rings. The summed E-state index contributed by atoms with van der Waals surface area (Å²) in [4.78, 5) is 37.7. The van der Waals surface area contributed by atoms with E-state index in [2.05, 4.69) is 36.7 Å². The molecule has 0 spiro atoms. The number of ether oxygens (including phenoxy) is 1. The first kappa shape index (κ1) is 28.0. The van der Waals surface area contributed by atoms with Crippen molar-refractivity contribution >= 4 is 29.5 Å². The number of alkyl carbamates (subject to hydrolysis) is 1. The van der Waals surface area contributed by atoms with Crippen LogP contribution in [-0.4, -0.2) is 36.6 Å². The van der Waals surface area contributed by atoms with Crippen molar-refractivity contribution in [1.29, 1.82) is 0 Å². The van der Waals surface area contributed by atoms with E-state index < -0.39 is 23.6 Å². The lowest BCUT2D eigenvalue weighted by Crippen LogP contribution is -2.46. The fraction of sp³-hybridized carbons (Fsp3) is 0.654. The van der Waals surface area contributed by atoms with Crippen LogP contribution in [0.1, 0.15) is 72.4 Å². The van der Waals surface area contributed by atoms with Crippen LogP contribution in [0.15, 0.2) is 24.3 Å². The number of amides is 3. The fourth-order valence-electron chi connectivity index (χ4n) is 4.55. The van der Waals surface area contributed by atoms with E-state index in [4.69, 9.17) is 16.3 Å². The molecule has 3 amide bonds. The standard InChI is InChI=1S/C26H40ClN3O4/c1-16(2)18-12-11-17(3)13-20(18)24(32)28-14-22(19-9-7-8-10-21(19)27)30-23(31)15-29-25(33)34-26(4,5)6/h7-10,16-18,20,22H,11-15H2,1-6H3,(H,28,32)(H,29,33)(H,30,31)/t17-,18+,20-,22-/m1/s1. The van der Waals surface area contributed by atoms with Crippen LogP contribution in [0.3, 0.4) is 0 Å². The Hall–Kier alpha value is -2.28. The summed E-state index contributed by atoms with van der Waals surface area (Å²) in [5.74, 6) is 0.868. The van der Waals surface area contributed by atoms with Crippen molar-refractivity contribution in [3.63, 3.8) is 0 Å². The van der Waals surface area contributed by atoms with Crippen molar-refractivity contribution < 1.29 is 19.1 Å². The van der Waals surface area contributed by atoms with Gasteiger partial charge in [0.1, 0.15) is 12.1 Å². The van der Waals surface area contributed by atoms with Crippen LogP contribution < -0.4 is 16.0 Å². The van der Waals surface area contributed by atoms with Gasteiger partial charge in [-0.3, -0.25) is 9.59 Å². The molecule has 0 aliphatic heterocycles. The summed E-state index contributed by atoms with van der Waals surface area (Å²) >= 11 is 6.40. The summed E-state index contributed by atoms with van der Waals surface area (Å²) in [6, 6.07) is 6.67. The summed E-state index contributed by atoms with van der Waals surface area (Å²) < 4.78 is 5.17. The van der Waals surface area contributed by atoms with Crippen LogP contribution >= 0.6 is 11.6 Å². The van der Waals surface area contributed by atoms with Gasteiger partial charge >= 0.3 is 6.09 Å². The van der Waals surface area contributed by atoms with Gasteiger partial charge in [0, 0.05) is 17.5 Å². The molecule has 1 aliphatic rings. The summed E-state index contributed by atoms with van der Waals surface area (Å²) in [6.07, 6.45) is 2.40. The number of benzene rings is 1. The lowest BCUT2D eigenvalue weighted by molar-refractivity contribution is -0.129. The minimum Gasteiger partial charge on any atom is -0.444 e. The highest BCUT2D eigenvalue weighted by atomic mass is 35.5. The second kappa shape index (κ2) is 12.4. The first-order valence-corrected chi connectivity index (χ1v) is 12.5. The zero-order chi connectivity index (χ0) is 25.5. The summed E-state index contributed by atoms with van der Waals surface area (Å²) in [6.45, 7) is 11.7. The van der Waals surface area contributed by atoms with E-state index in [0.717, 1.165) is 19.3 Å². The monoisotopic (exact) mass is 493 g/mol. The molecule has 0 unspecified atom stereocenters. The number of halogens is 1. The SMILES string of the molecule is CC(C)[C@@H]1CC[C@@H](C)C[C@H]1C(=O)NC[C@@H](NC(=O)CNC(=O)OC(C)(C)C)c1ccccc1Cl. The molecule has 2 rings (SSSR count). The Labute approximate surface area is 208 Å². The molecule has 0 heterocycles. The van der Waals surface area contributed by atoms with Crippen molar-refractivity contribution in [3.8, 4) is 0 Å². The first-order valence-electron chi connectivity index (χ1n) is 12.2. The Morgan fingerprint density at radius 1 is 1.12 bits per heavy atom. The molecular weight excluding hydrogens is 454 g/mol. The van der Waals surface area contributed by atoms with Gasteiger partial charge < -0.3 is 20.7 Å². The Balaban J connectivity index is 2.05. The van der Waals surface area contributed by atoms with Crippen LogP contribution in [0.5, 0.6) is 0 Å². The molecular formula is C26H40ClN3O4. The van der Waals surface area contributed by atoms with Gasteiger partial charge in [0.25, 0.3) is 0 Å². The molecule has 190 valence electrons. The molecule has 3 N–H and O–H groups in total. The van der Waals surface area contributed by atoms with Crippen LogP contribution in [0.25, 0.3) is 0 Å². The predicted molar refractivity (Wildman–Crippen MR) is 134 cm³/mol. The lowest BCUT2D eigenvalue weighted by atomic mass is 9.70. The van der Waals surface area contributed by atoms with E-state index in [1.165, 1.54) is 0 Å². The number of rotatable bonds is 8. The number of hydrogen-bond acceptors (Lipinski definition) is 4. The van der Waals surface area contributed by atoms with Crippen molar-refractivity contribution in [2.24, 2.45) is 23.7 Å². The average molecular weight is 494 g/mol. The van der Waals surface area contributed by atoms with Crippen LogP contribution in [-0.2, 0) is 14.3 Å². The maximum Gasteiger partial charge on any atom is 0.408 e. The maximum absolute atomic E-state index is 13.2. The van der Waals surface area contributed by atoms with Crippen molar-refractivity contribution in [2.75, 3.05) is 13.1 Å². The number of carbonyl (C=O) groups excluding carboxylic acids is 3. The Morgan fingerprint density at radius 3 is 2.41 bits per heavy atom. The third kappa shape index (κ3) is 8.82. The van der Waals surface area contributed by atoms with Gasteiger partial charge in [-0.25, -0.2) is 4.79 Å². The van der Waals surface area contributed by atoms with Gasteiger partial charge in [-0.05, 0) is 63.0 Å². The second-order valence-corrected chi connectivity index (χ2v) is 11.1. The molecule has 0 saturated heterocycles. The molecule has 1 aromatic carbocycles. The quantitative estimate of drug-likeness (QED) is 0.482. The van der Waals surface area contributed by atoms with Crippen LogP contribution in [0, 0.1) is 23.7 Å². The molecule has 0 radical (unpaired) electrons. The molecule has 1 aliphatic carbocycles. The number of nitrogens with one attached hydrogen (secondary N) is 3. The zero-order valence-corrected chi connectivity index (χ0v) is 22.0. The Morgan fingerprint density at radius 2 is 1.79 bits per heavy atom. The third-order valence-corrected chi connectivity index (χ3v) is 6.59. The van der Waals surface area contributed by atoms with Crippen molar-refractivity contribution in [3.05, 3.63) is 34.9 Å². The molecule has 34 heavy (non-hydrogen) atoms. The van der Waals surface area contributed by atoms with E-state index in [9.17, 15) is 14.4 Å². The average Bonchev–Trinajstić information content (AvgIpc) is 2.74. The van der Waals surface area contributed by atoms with Gasteiger partial charge in [0.2, 0.25) is 11.8 Å². The zero-order valence-electron chi connectivity index (χ0n) is 21.2. The maximum atomic E-state index is 13.2.